The van der Waals surface area contributed by atoms with Gasteiger partial charge in [-0.3, -0.25) is 4.98 Å². The van der Waals surface area contributed by atoms with Crippen LogP contribution in [-0.4, -0.2) is 9.55 Å². The summed E-state index contributed by atoms with van der Waals surface area (Å²) in [6, 6.07) is 43.0. The van der Waals surface area contributed by atoms with Crippen LogP contribution in [0.2, 0.25) is 0 Å². The summed E-state index contributed by atoms with van der Waals surface area (Å²) in [5.74, 6) is 0. The summed E-state index contributed by atoms with van der Waals surface area (Å²) in [7, 11) is 0. The van der Waals surface area contributed by atoms with E-state index in [1.54, 1.807) is 0 Å². The number of anilines is 3. The van der Waals surface area contributed by atoms with E-state index in [0.29, 0.717) is 5.69 Å². The molecule has 0 radical (unpaired) electrons. The van der Waals surface area contributed by atoms with Crippen molar-refractivity contribution in [3.05, 3.63) is 156 Å². The summed E-state index contributed by atoms with van der Waals surface area (Å²) in [6.07, 6.45) is 3.72. The van der Waals surface area contributed by atoms with E-state index in [9.17, 15) is 0 Å². The van der Waals surface area contributed by atoms with Gasteiger partial charge in [-0.1, -0.05) is 80.6 Å². The highest BCUT2D eigenvalue weighted by atomic mass is 15.2. The molecule has 1 aliphatic heterocycles. The smallest absolute Gasteiger partial charge is 0.188 e. The normalized spacial score (nSPS) is 13.5. The van der Waals surface area contributed by atoms with Crippen molar-refractivity contribution < 1.29 is 0 Å². The van der Waals surface area contributed by atoms with E-state index in [2.05, 4.69) is 130 Å². The monoisotopic (exact) mass is 552 g/mol. The Morgan fingerprint density at radius 2 is 1.26 bits per heavy atom. The molecule has 0 aliphatic carbocycles. The molecule has 0 N–H and O–H groups in total. The maximum absolute atomic E-state index is 7.51. The number of benzene rings is 5. The SMILES string of the molecule is [C-]#[N+]c1ccc2c(c1)c1cnccc1n2-c1cccc(-c2cccc(N3c4ccccc4C(C)(C)c4ccccc43)c2)c1. The highest BCUT2D eigenvalue weighted by Crippen LogP contribution is 2.51. The number of hydrogen-bond acceptors (Lipinski definition) is 2. The van der Waals surface area contributed by atoms with Gasteiger partial charge in [-0.2, -0.15) is 0 Å². The van der Waals surface area contributed by atoms with E-state index in [0.717, 1.165) is 44.3 Å². The van der Waals surface area contributed by atoms with Gasteiger partial charge in [0.05, 0.1) is 29.0 Å². The van der Waals surface area contributed by atoms with Crippen LogP contribution in [0.3, 0.4) is 0 Å². The van der Waals surface area contributed by atoms with Crippen LogP contribution in [0, 0.1) is 6.57 Å². The zero-order valence-corrected chi connectivity index (χ0v) is 24.0. The van der Waals surface area contributed by atoms with Gasteiger partial charge in [0.15, 0.2) is 5.69 Å². The van der Waals surface area contributed by atoms with Crippen LogP contribution in [0.15, 0.2) is 134 Å². The molecule has 0 saturated carbocycles. The Bertz CT molecular complexity index is 2200. The molecular formula is C39H28N4. The van der Waals surface area contributed by atoms with E-state index in [1.807, 2.05) is 36.7 Å². The molecule has 0 fully saturated rings. The lowest BCUT2D eigenvalue weighted by Gasteiger charge is -2.42. The number of aromatic nitrogens is 2. The largest absolute Gasteiger partial charge is 0.310 e. The first-order chi connectivity index (χ1) is 21.0. The number of hydrogen-bond donors (Lipinski definition) is 0. The van der Waals surface area contributed by atoms with Gasteiger partial charge >= 0.3 is 0 Å². The van der Waals surface area contributed by atoms with Crippen molar-refractivity contribution in [3.8, 4) is 16.8 Å². The predicted octanol–water partition coefficient (Wildman–Crippen LogP) is 10.5. The molecule has 4 heteroatoms. The third-order valence-electron chi connectivity index (χ3n) is 8.86. The minimum atomic E-state index is -0.0943. The third-order valence-corrected chi connectivity index (χ3v) is 8.86. The second-order valence-electron chi connectivity index (χ2n) is 11.6. The molecule has 0 saturated heterocycles. The summed E-state index contributed by atoms with van der Waals surface area (Å²) in [6.45, 7) is 12.1. The van der Waals surface area contributed by atoms with Gasteiger partial charge in [-0.15, -0.1) is 0 Å². The topological polar surface area (TPSA) is 25.4 Å². The highest BCUT2D eigenvalue weighted by Gasteiger charge is 2.36. The van der Waals surface area contributed by atoms with Crippen molar-refractivity contribution in [1.82, 2.24) is 9.55 Å². The van der Waals surface area contributed by atoms with Gasteiger partial charge in [0.2, 0.25) is 0 Å². The van der Waals surface area contributed by atoms with E-state index in [1.165, 1.54) is 22.5 Å². The van der Waals surface area contributed by atoms with Crippen LogP contribution in [0.5, 0.6) is 0 Å². The third kappa shape index (κ3) is 3.79. The lowest BCUT2D eigenvalue weighted by molar-refractivity contribution is 0.632. The van der Waals surface area contributed by atoms with Gasteiger partial charge in [0, 0.05) is 34.6 Å². The summed E-state index contributed by atoms with van der Waals surface area (Å²) >= 11 is 0. The Kier molecular flexibility index (Phi) is 5.51. The summed E-state index contributed by atoms with van der Waals surface area (Å²) in [4.78, 5) is 10.5. The molecule has 43 heavy (non-hydrogen) atoms. The number of rotatable bonds is 3. The highest BCUT2D eigenvalue weighted by molar-refractivity contribution is 6.10. The van der Waals surface area contributed by atoms with Gasteiger partial charge in [-0.05, 0) is 82.2 Å². The van der Waals surface area contributed by atoms with Crippen molar-refractivity contribution in [3.63, 3.8) is 0 Å². The Morgan fingerprint density at radius 3 is 1.95 bits per heavy atom. The number of para-hydroxylation sites is 2. The van der Waals surface area contributed by atoms with Crippen molar-refractivity contribution >= 4 is 44.6 Å². The molecule has 204 valence electrons. The zero-order valence-electron chi connectivity index (χ0n) is 24.0. The first-order valence-electron chi connectivity index (χ1n) is 14.5. The Morgan fingerprint density at radius 1 is 0.628 bits per heavy atom. The molecule has 0 spiro atoms. The standard InChI is InChI=1S/C39H28N4/c1-39(2)33-14-4-6-16-37(33)43(38-17-7-5-15-34(38)39)30-13-9-11-27(23-30)26-10-8-12-29(22-26)42-35-19-18-28(40-3)24-31(35)32-25-41-21-20-36(32)42/h4-25H,1-2H3. The quantitative estimate of drug-likeness (QED) is 0.204. The van der Waals surface area contributed by atoms with Crippen molar-refractivity contribution in [2.45, 2.75) is 19.3 Å². The minimum absolute atomic E-state index is 0.0943. The van der Waals surface area contributed by atoms with Crippen LogP contribution >= 0.6 is 0 Å². The van der Waals surface area contributed by atoms with Crippen LogP contribution in [0.25, 0.3) is 43.5 Å². The minimum Gasteiger partial charge on any atom is -0.310 e. The zero-order chi connectivity index (χ0) is 29.1. The van der Waals surface area contributed by atoms with E-state index >= 15 is 0 Å². The van der Waals surface area contributed by atoms with Crippen LogP contribution < -0.4 is 4.90 Å². The Hall–Kier alpha value is -5.66. The predicted molar refractivity (Wildman–Crippen MR) is 177 cm³/mol. The van der Waals surface area contributed by atoms with Crippen LogP contribution in [0.1, 0.15) is 25.0 Å². The van der Waals surface area contributed by atoms with E-state index < -0.39 is 0 Å². The van der Waals surface area contributed by atoms with Crippen molar-refractivity contribution in [2.75, 3.05) is 4.90 Å². The molecule has 3 heterocycles. The molecule has 7 aromatic rings. The maximum atomic E-state index is 7.51. The molecule has 4 nitrogen and oxygen atoms in total. The second-order valence-corrected chi connectivity index (χ2v) is 11.6. The molecule has 1 aliphatic rings. The Balaban J connectivity index is 1.28. The van der Waals surface area contributed by atoms with Gasteiger partial charge < -0.3 is 9.47 Å². The summed E-state index contributed by atoms with van der Waals surface area (Å²) in [5.41, 5.74) is 12.2. The lowest BCUT2D eigenvalue weighted by atomic mass is 9.73. The summed E-state index contributed by atoms with van der Waals surface area (Å²) in [5, 5.41) is 2.08. The van der Waals surface area contributed by atoms with E-state index in [-0.39, 0.29) is 5.41 Å². The molecule has 0 bridgehead atoms. The summed E-state index contributed by atoms with van der Waals surface area (Å²) < 4.78 is 2.27. The number of pyridine rings is 1. The fraction of sp³-hybridized carbons (Fsp3) is 0.0769. The number of nitrogens with zero attached hydrogens (tertiary/aromatic N) is 4. The first-order valence-corrected chi connectivity index (χ1v) is 14.5. The fourth-order valence-electron chi connectivity index (χ4n) is 6.80. The molecule has 0 amide bonds. The van der Waals surface area contributed by atoms with Crippen LogP contribution in [-0.2, 0) is 5.41 Å². The molecule has 0 atom stereocenters. The molecule has 0 unspecified atom stereocenters. The average molecular weight is 553 g/mol. The van der Waals surface area contributed by atoms with Gasteiger partial charge in [0.1, 0.15) is 0 Å². The number of fused-ring (bicyclic) bond motifs is 5. The van der Waals surface area contributed by atoms with Crippen molar-refractivity contribution in [2.24, 2.45) is 0 Å². The fourth-order valence-corrected chi connectivity index (χ4v) is 6.80. The maximum Gasteiger partial charge on any atom is 0.188 e. The van der Waals surface area contributed by atoms with Gasteiger partial charge in [0.25, 0.3) is 0 Å². The van der Waals surface area contributed by atoms with Gasteiger partial charge in [-0.25, -0.2) is 4.85 Å². The van der Waals surface area contributed by atoms with Crippen molar-refractivity contribution in [1.29, 1.82) is 0 Å². The lowest BCUT2D eigenvalue weighted by Crippen LogP contribution is -2.30. The molecular weight excluding hydrogens is 524 g/mol. The first kappa shape index (κ1) is 25.1. The second kappa shape index (κ2) is 9.44. The molecule has 8 rings (SSSR count). The molecule has 2 aromatic heterocycles. The van der Waals surface area contributed by atoms with Crippen LogP contribution in [0.4, 0.5) is 22.7 Å². The van der Waals surface area contributed by atoms with E-state index in [4.69, 9.17) is 6.57 Å². The Labute approximate surface area is 250 Å². The molecule has 5 aromatic carbocycles. The average Bonchev–Trinajstić information content (AvgIpc) is 3.39.